The number of rotatable bonds is 5. The number of amides is 1. The Labute approximate surface area is 204 Å². The molecule has 10 heteroatoms. The summed E-state index contributed by atoms with van der Waals surface area (Å²) in [6, 6.07) is 9.54. The minimum Gasteiger partial charge on any atom is -0.493 e. The highest BCUT2D eigenvalue weighted by Gasteiger charge is 2.20. The molecule has 0 atom stereocenters. The zero-order chi connectivity index (χ0) is 24.2. The number of halogens is 1. The van der Waals surface area contributed by atoms with E-state index in [0.29, 0.717) is 12.1 Å². The van der Waals surface area contributed by atoms with Crippen molar-refractivity contribution in [1.82, 2.24) is 19.6 Å². The summed E-state index contributed by atoms with van der Waals surface area (Å²) in [7, 11) is 1.66. The Morgan fingerprint density at radius 3 is 2.77 bits per heavy atom. The molecule has 1 aromatic carbocycles. The Morgan fingerprint density at radius 2 is 1.97 bits per heavy atom. The smallest absolute Gasteiger partial charge is 0.211 e. The van der Waals surface area contributed by atoms with Gasteiger partial charge in [0.1, 0.15) is 22.8 Å². The van der Waals surface area contributed by atoms with Crippen LogP contribution in [-0.2, 0) is 17.6 Å². The molecule has 1 amide bonds. The van der Waals surface area contributed by atoms with Crippen LogP contribution in [0.4, 0.5) is 21.6 Å². The number of aromatic nitrogens is 4. The molecule has 0 fully saturated rings. The number of fused-ring (bicyclic) bond motifs is 4. The van der Waals surface area contributed by atoms with Crippen LogP contribution in [0.2, 0.25) is 0 Å². The van der Waals surface area contributed by atoms with E-state index in [4.69, 9.17) is 4.74 Å². The van der Waals surface area contributed by atoms with Crippen molar-refractivity contribution in [2.75, 3.05) is 17.7 Å². The van der Waals surface area contributed by atoms with E-state index in [1.165, 1.54) is 47.5 Å². The number of hydrogen-bond acceptors (Lipinski definition) is 7. The molecule has 2 N–H and O–H groups in total. The largest absolute Gasteiger partial charge is 0.493 e. The summed E-state index contributed by atoms with van der Waals surface area (Å²) >= 11 is 1.80. The molecule has 0 saturated carbocycles. The highest BCUT2D eigenvalue weighted by Crippen LogP contribution is 2.39. The molecule has 0 saturated heterocycles. The first-order chi connectivity index (χ1) is 17.2. The second kappa shape index (κ2) is 10.1. The molecule has 0 bridgehead atoms. The van der Waals surface area contributed by atoms with Crippen LogP contribution < -0.4 is 15.4 Å². The molecule has 0 radical (unpaired) electrons. The molecule has 35 heavy (non-hydrogen) atoms. The molecule has 1 aliphatic carbocycles. The van der Waals surface area contributed by atoms with Gasteiger partial charge in [-0.25, -0.2) is 18.9 Å². The van der Waals surface area contributed by atoms with Crippen LogP contribution in [0.15, 0.2) is 55.1 Å². The van der Waals surface area contributed by atoms with Gasteiger partial charge in [0.05, 0.1) is 29.9 Å². The summed E-state index contributed by atoms with van der Waals surface area (Å²) < 4.78 is 19.5. The lowest BCUT2D eigenvalue weighted by atomic mass is 9.97. The monoisotopic (exact) mass is 490 g/mol. The number of methoxy groups -OCH3 is 1. The van der Waals surface area contributed by atoms with Crippen molar-refractivity contribution in [2.24, 2.45) is 0 Å². The third kappa shape index (κ3) is 4.78. The summed E-state index contributed by atoms with van der Waals surface area (Å²) in [5, 5.41) is 11.3. The number of carbonyl (C=O) groups excluding carboxylic acids is 1. The van der Waals surface area contributed by atoms with Crippen molar-refractivity contribution < 1.29 is 13.9 Å². The van der Waals surface area contributed by atoms with E-state index in [0.717, 1.165) is 45.8 Å². The molecule has 0 spiro atoms. The lowest BCUT2D eigenvalue weighted by Gasteiger charge is -2.14. The molecule has 6 rings (SSSR count). The molecular weight excluding hydrogens is 467 g/mol. The maximum absolute atomic E-state index is 12.2. The first kappa shape index (κ1) is 22.7. The van der Waals surface area contributed by atoms with Crippen LogP contribution in [0.3, 0.4) is 0 Å². The fourth-order valence-corrected chi connectivity index (χ4v) is 5.36. The predicted octanol–water partition coefficient (Wildman–Crippen LogP) is 5.36. The second-order valence-electron chi connectivity index (χ2n) is 7.96. The highest BCUT2D eigenvalue weighted by molar-refractivity contribution is 7.19. The third-order valence-corrected chi connectivity index (χ3v) is 6.99. The standard InChI is InChI=1S/C18H17N5OS.C7H6FNO/c1-24-14-9-23-11(6-7-21-23)8-13(14)22-17-16-12-4-2-3-5-15(12)25-18(16)20-10-19-17;8-6-1-3-7(4-2-6)9-5-10/h6-10H,2-5H2,1H3,(H,19,20,22);1-5H,(H,9,10). The van der Waals surface area contributed by atoms with Gasteiger partial charge >= 0.3 is 0 Å². The predicted molar refractivity (Wildman–Crippen MR) is 135 cm³/mol. The van der Waals surface area contributed by atoms with E-state index in [1.807, 2.05) is 18.3 Å². The van der Waals surface area contributed by atoms with E-state index in [2.05, 4.69) is 25.7 Å². The summed E-state index contributed by atoms with van der Waals surface area (Å²) in [6.07, 6.45) is 10.6. The van der Waals surface area contributed by atoms with Crippen molar-refractivity contribution in [3.63, 3.8) is 0 Å². The number of benzene rings is 1. The minimum atomic E-state index is -0.309. The van der Waals surface area contributed by atoms with E-state index in [1.54, 1.807) is 35.5 Å². The normalized spacial score (nSPS) is 12.5. The maximum Gasteiger partial charge on any atom is 0.211 e. The van der Waals surface area contributed by atoms with Crippen LogP contribution in [0.5, 0.6) is 5.75 Å². The van der Waals surface area contributed by atoms with Crippen LogP contribution in [0, 0.1) is 5.82 Å². The van der Waals surface area contributed by atoms with Crippen molar-refractivity contribution in [2.45, 2.75) is 25.7 Å². The molecule has 5 aromatic rings. The van der Waals surface area contributed by atoms with Crippen LogP contribution in [-0.4, -0.2) is 33.1 Å². The zero-order valence-electron chi connectivity index (χ0n) is 19.0. The quantitative estimate of drug-likeness (QED) is 0.322. The number of thiophene rings is 1. The number of aryl methyl sites for hydroxylation is 2. The van der Waals surface area contributed by atoms with Gasteiger partial charge in [0.15, 0.2) is 5.75 Å². The van der Waals surface area contributed by atoms with Crippen LogP contribution in [0.1, 0.15) is 23.3 Å². The Hall–Kier alpha value is -4.05. The van der Waals surface area contributed by atoms with Gasteiger partial charge < -0.3 is 15.4 Å². The van der Waals surface area contributed by atoms with Gasteiger partial charge in [-0.3, -0.25) is 4.79 Å². The average Bonchev–Trinajstić information content (AvgIpc) is 3.50. The maximum atomic E-state index is 12.2. The van der Waals surface area contributed by atoms with Gasteiger partial charge in [0.2, 0.25) is 6.41 Å². The summed E-state index contributed by atoms with van der Waals surface area (Å²) in [6.45, 7) is 0. The molecule has 178 valence electrons. The van der Waals surface area contributed by atoms with Crippen molar-refractivity contribution >= 4 is 50.7 Å². The molecule has 0 unspecified atom stereocenters. The Bertz CT molecular complexity index is 1480. The van der Waals surface area contributed by atoms with E-state index in [9.17, 15) is 9.18 Å². The molecular formula is C25H23FN6O2S. The number of carbonyl (C=O) groups is 1. The number of anilines is 3. The van der Waals surface area contributed by atoms with Gasteiger partial charge in [0, 0.05) is 16.8 Å². The number of ether oxygens (including phenoxy) is 1. The summed E-state index contributed by atoms with van der Waals surface area (Å²) in [4.78, 5) is 21.4. The molecule has 8 nitrogen and oxygen atoms in total. The van der Waals surface area contributed by atoms with E-state index >= 15 is 0 Å². The highest BCUT2D eigenvalue weighted by atomic mass is 32.1. The van der Waals surface area contributed by atoms with E-state index in [-0.39, 0.29) is 5.82 Å². The topological polar surface area (TPSA) is 93.4 Å². The Morgan fingerprint density at radius 1 is 1.14 bits per heavy atom. The zero-order valence-corrected chi connectivity index (χ0v) is 19.8. The average molecular weight is 491 g/mol. The van der Waals surface area contributed by atoms with Crippen molar-refractivity contribution in [3.8, 4) is 5.75 Å². The fraction of sp³-hybridized carbons (Fsp3) is 0.200. The lowest BCUT2D eigenvalue weighted by molar-refractivity contribution is -0.105. The van der Waals surface area contributed by atoms with E-state index < -0.39 is 0 Å². The second-order valence-corrected chi connectivity index (χ2v) is 9.05. The summed E-state index contributed by atoms with van der Waals surface area (Å²) in [5.74, 6) is 1.27. The first-order valence-corrected chi connectivity index (χ1v) is 12.0. The Kier molecular flexibility index (Phi) is 6.53. The van der Waals surface area contributed by atoms with Crippen LogP contribution in [0.25, 0.3) is 15.7 Å². The van der Waals surface area contributed by atoms with Crippen molar-refractivity contribution in [1.29, 1.82) is 0 Å². The number of pyridine rings is 1. The lowest BCUT2D eigenvalue weighted by Crippen LogP contribution is -2.02. The van der Waals surface area contributed by atoms with Gasteiger partial charge in [-0.2, -0.15) is 5.10 Å². The third-order valence-electron chi connectivity index (χ3n) is 5.79. The number of nitrogens with zero attached hydrogens (tertiary/aromatic N) is 4. The molecule has 4 heterocycles. The minimum absolute atomic E-state index is 0.309. The fourth-order valence-electron chi connectivity index (χ4n) is 4.13. The molecule has 1 aliphatic rings. The first-order valence-electron chi connectivity index (χ1n) is 11.2. The van der Waals surface area contributed by atoms with Gasteiger partial charge in [-0.05, 0) is 67.6 Å². The number of hydrogen-bond donors (Lipinski definition) is 2. The van der Waals surface area contributed by atoms with Gasteiger partial charge in [-0.15, -0.1) is 11.3 Å². The SMILES string of the molecule is COc1cn2nccc2cc1Nc1ncnc2sc3c(c12)CCCC3.O=CNc1ccc(F)cc1. The van der Waals surface area contributed by atoms with Crippen LogP contribution >= 0.6 is 11.3 Å². The van der Waals surface area contributed by atoms with Crippen molar-refractivity contribution in [3.05, 3.63) is 71.4 Å². The Balaban J connectivity index is 0.000000214. The molecule has 0 aliphatic heterocycles. The number of nitrogens with one attached hydrogen (secondary N) is 2. The van der Waals surface area contributed by atoms with Gasteiger partial charge in [0.25, 0.3) is 0 Å². The summed E-state index contributed by atoms with van der Waals surface area (Å²) in [5.41, 5.74) is 3.89. The molecule has 4 aromatic heterocycles. The van der Waals surface area contributed by atoms with Gasteiger partial charge in [-0.1, -0.05) is 0 Å².